The number of hydrogen-bond acceptors (Lipinski definition) is 3. The number of rotatable bonds is 1. The molecule has 0 N–H and O–H groups in total. The molecule has 0 unspecified atom stereocenters. The van der Waals surface area contributed by atoms with Gasteiger partial charge in [0, 0.05) is 0 Å². The van der Waals surface area contributed by atoms with Gasteiger partial charge < -0.3 is 5.11 Å². The summed E-state index contributed by atoms with van der Waals surface area (Å²) < 4.78 is 55.7. The predicted molar refractivity (Wildman–Crippen MR) is 28.3 cm³/mol. The highest BCUT2D eigenvalue weighted by molar-refractivity contribution is 7.89. The number of hydrogen-bond donors (Lipinski definition) is 0. The highest BCUT2D eigenvalue weighted by atomic mass is 32.2. The molecule has 0 aromatic heterocycles. The molecule has 0 aliphatic rings. The van der Waals surface area contributed by atoms with E-state index in [-0.39, 0.29) is 0 Å². The highest BCUT2D eigenvalue weighted by Crippen LogP contribution is 2.14. The van der Waals surface area contributed by atoms with Crippen molar-refractivity contribution in [3.8, 4) is 0 Å². The fraction of sp³-hybridized carbons (Fsp3) is 0.667. The van der Waals surface area contributed by atoms with Gasteiger partial charge in [-0.15, -0.1) is 0 Å². The van der Waals surface area contributed by atoms with Gasteiger partial charge in [-0.3, -0.25) is 0 Å². The zero-order valence-electron chi connectivity index (χ0n) is 5.21. The Labute approximate surface area is 60.4 Å². The number of alkyl halides is 3. The van der Waals surface area contributed by atoms with E-state index in [9.17, 15) is 26.7 Å². The van der Waals surface area contributed by atoms with Crippen LogP contribution in [0.25, 0.3) is 0 Å². The molecule has 0 heterocycles. The van der Waals surface area contributed by atoms with E-state index >= 15 is 0 Å². The number of sulfonamides is 1. The molecule has 0 aliphatic heterocycles. The molecule has 0 amide bonds. The summed E-state index contributed by atoms with van der Waals surface area (Å²) in [4.78, 5) is 0. The van der Waals surface area contributed by atoms with Crippen molar-refractivity contribution in [2.45, 2.75) is 6.18 Å². The Morgan fingerprint density at radius 3 is 1.91 bits per heavy atom. The van der Waals surface area contributed by atoms with Crippen LogP contribution in [0.3, 0.4) is 0 Å². The van der Waals surface area contributed by atoms with Gasteiger partial charge >= 0.3 is 6.18 Å². The monoisotopic (exact) mass is 190 g/mol. The van der Waals surface area contributed by atoms with Gasteiger partial charge in [-0.1, -0.05) is 0 Å². The molecule has 11 heavy (non-hydrogen) atoms. The van der Waals surface area contributed by atoms with Crippen molar-refractivity contribution < 1.29 is 26.7 Å². The summed E-state index contributed by atoms with van der Waals surface area (Å²) in [5.74, 6) is -2.61. The molecule has 66 valence electrons. The molecule has 0 aromatic rings. The summed E-state index contributed by atoms with van der Waals surface area (Å²) in [7, 11) is -4.25. The Kier molecular flexibility index (Phi) is 2.49. The lowest BCUT2D eigenvalue weighted by molar-refractivity contribution is -0.261. The first-order chi connectivity index (χ1) is 4.63. The first kappa shape index (κ1) is 10.2. The SMILES string of the molecule is CS(=O)(=O)N=C([O-])C(F)(F)F. The first-order valence-corrected chi connectivity index (χ1v) is 4.02. The van der Waals surface area contributed by atoms with Gasteiger partial charge in [-0.25, -0.2) is 8.42 Å². The highest BCUT2D eigenvalue weighted by Gasteiger charge is 2.29. The van der Waals surface area contributed by atoms with Crippen molar-refractivity contribution in [3.05, 3.63) is 0 Å². The van der Waals surface area contributed by atoms with Crippen LogP contribution >= 0.6 is 0 Å². The Bertz CT molecular complexity index is 264. The van der Waals surface area contributed by atoms with Gasteiger partial charge in [0.05, 0.1) is 12.2 Å². The standard InChI is InChI=1S/C3H4F3NO3S/c1-11(9,10)7-2(8)3(4,5)6/h1H3,(H,7,8)/p-1. The van der Waals surface area contributed by atoms with Crippen LogP contribution < -0.4 is 5.11 Å². The van der Waals surface area contributed by atoms with E-state index in [1.165, 1.54) is 0 Å². The second-order valence-electron chi connectivity index (χ2n) is 1.63. The molecule has 8 heteroatoms. The lowest BCUT2D eigenvalue weighted by Gasteiger charge is -2.12. The molecule has 0 aliphatic carbocycles. The molecule has 0 spiro atoms. The van der Waals surface area contributed by atoms with E-state index < -0.39 is 22.1 Å². The van der Waals surface area contributed by atoms with Crippen LogP contribution in [0.15, 0.2) is 4.40 Å². The number of halogens is 3. The van der Waals surface area contributed by atoms with E-state index in [4.69, 9.17) is 0 Å². The summed E-state index contributed by atoms with van der Waals surface area (Å²) in [5, 5.41) is 9.81. The topological polar surface area (TPSA) is 69.6 Å². The molecule has 0 radical (unpaired) electrons. The van der Waals surface area contributed by atoms with Crippen LogP contribution in [0.5, 0.6) is 0 Å². The minimum atomic E-state index is -5.22. The lowest BCUT2D eigenvalue weighted by Crippen LogP contribution is -2.35. The van der Waals surface area contributed by atoms with Gasteiger partial charge in [-0.2, -0.15) is 17.6 Å². The van der Waals surface area contributed by atoms with Gasteiger partial charge in [-0.05, 0) is 0 Å². The van der Waals surface area contributed by atoms with Gasteiger partial charge in [0.2, 0.25) is 10.0 Å². The second kappa shape index (κ2) is 2.68. The molecule has 0 rings (SSSR count). The minimum Gasteiger partial charge on any atom is -0.855 e. The molecular formula is C3H3F3NO3S-. The van der Waals surface area contributed by atoms with Crippen LogP contribution in [0.2, 0.25) is 0 Å². The number of nitrogens with zero attached hydrogens (tertiary/aromatic N) is 1. The third-order valence-electron chi connectivity index (χ3n) is 0.491. The average molecular weight is 190 g/mol. The lowest BCUT2D eigenvalue weighted by atomic mass is 10.7. The van der Waals surface area contributed by atoms with E-state index in [0.717, 1.165) is 0 Å². The fourth-order valence-corrected chi connectivity index (χ4v) is 0.607. The maximum absolute atomic E-state index is 11.3. The van der Waals surface area contributed by atoms with Crippen molar-refractivity contribution in [2.24, 2.45) is 4.40 Å². The van der Waals surface area contributed by atoms with Gasteiger partial charge in [0.1, 0.15) is 0 Å². The molecule has 0 saturated carbocycles. The Balaban J connectivity index is 4.78. The maximum Gasteiger partial charge on any atom is 0.420 e. The van der Waals surface area contributed by atoms with E-state index in [0.29, 0.717) is 6.26 Å². The van der Waals surface area contributed by atoms with Gasteiger partial charge in [0.25, 0.3) is 0 Å². The summed E-state index contributed by atoms with van der Waals surface area (Å²) in [5.41, 5.74) is 0. The van der Waals surface area contributed by atoms with E-state index in [1.807, 2.05) is 4.40 Å². The van der Waals surface area contributed by atoms with Crippen molar-refractivity contribution in [3.63, 3.8) is 0 Å². The largest absolute Gasteiger partial charge is 0.855 e. The van der Waals surface area contributed by atoms with Crippen LogP contribution in [-0.2, 0) is 10.0 Å². The summed E-state index contributed by atoms with van der Waals surface area (Å²) in [6.45, 7) is 0. The van der Waals surface area contributed by atoms with Gasteiger partial charge in [0.15, 0.2) is 0 Å². The predicted octanol–water partition coefficient (Wildman–Crippen LogP) is -0.733. The second-order valence-corrected chi connectivity index (χ2v) is 3.28. The maximum atomic E-state index is 11.3. The molecule has 0 aromatic carbocycles. The fourth-order valence-electron chi connectivity index (χ4n) is 0.202. The Morgan fingerprint density at radius 1 is 1.45 bits per heavy atom. The van der Waals surface area contributed by atoms with Crippen LogP contribution in [0, 0.1) is 0 Å². The van der Waals surface area contributed by atoms with Crippen LogP contribution in [-0.4, -0.2) is 26.7 Å². The third kappa shape index (κ3) is 4.59. The molecule has 0 bridgehead atoms. The first-order valence-electron chi connectivity index (χ1n) is 2.17. The Hall–Kier alpha value is -0.790. The van der Waals surface area contributed by atoms with Crippen molar-refractivity contribution in [1.29, 1.82) is 0 Å². The summed E-state index contributed by atoms with van der Waals surface area (Å²) in [6, 6.07) is 0. The van der Waals surface area contributed by atoms with Crippen molar-refractivity contribution in [1.82, 2.24) is 0 Å². The van der Waals surface area contributed by atoms with Crippen LogP contribution in [0.4, 0.5) is 13.2 Å². The zero-order chi connectivity index (χ0) is 9.28. The Morgan fingerprint density at radius 2 is 1.82 bits per heavy atom. The zero-order valence-corrected chi connectivity index (χ0v) is 6.03. The smallest absolute Gasteiger partial charge is 0.420 e. The van der Waals surface area contributed by atoms with Crippen molar-refractivity contribution >= 4 is 15.9 Å². The van der Waals surface area contributed by atoms with E-state index in [1.54, 1.807) is 0 Å². The third-order valence-corrected chi connectivity index (χ3v) is 0.989. The quantitative estimate of drug-likeness (QED) is 0.404. The normalized spacial score (nSPS) is 15.1. The van der Waals surface area contributed by atoms with Crippen molar-refractivity contribution in [2.75, 3.05) is 6.26 Å². The molecule has 4 nitrogen and oxygen atoms in total. The molecule has 0 saturated heterocycles. The average Bonchev–Trinajstić information content (AvgIpc) is 1.56. The molecule has 0 fully saturated rings. The van der Waals surface area contributed by atoms with E-state index in [2.05, 4.69) is 0 Å². The van der Waals surface area contributed by atoms with Crippen LogP contribution in [0.1, 0.15) is 0 Å². The molecule has 0 atom stereocenters. The summed E-state index contributed by atoms with van der Waals surface area (Å²) >= 11 is 0. The summed E-state index contributed by atoms with van der Waals surface area (Å²) in [6.07, 6.45) is -4.82. The molecular weight excluding hydrogens is 187 g/mol. The minimum absolute atomic E-state index is 0.399.